The first-order valence-electron chi connectivity index (χ1n) is 5.88. The molecule has 0 aliphatic carbocycles. The smallest absolute Gasteiger partial charge is 0.130 e. The van der Waals surface area contributed by atoms with E-state index in [-0.39, 0.29) is 0 Å². The number of aromatic amines is 1. The first kappa shape index (κ1) is 11.5. The van der Waals surface area contributed by atoms with Gasteiger partial charge in [-0.05, 0) is 25.0 Å². The number of rotatable bonds is 4. The third-order valence-corrected chi connectivity index (χ3v) is 2.60. The summed E-state index contributed by atoms with van der Waals surface area (Å²) in [5, 5.41) is 15.8. The molecule has 0 amide bonds. The lowest BCUT2D eigenvalue weighted by molar-refractivity contribution is 0.936. The van der Waals surface area contributed by atoms with Gasteiger partial charge >= 0.3 is 0 Å². The van der Waals surface area contributed by atoms with Crippen molar-refractivity contribution >= 4 is 11.4 Å². The van der Waals surface area contributed by atoms with Crippen molar-refractivity contribution in [3.05, 3.63) is 41.7 Å². The fraction of sp³-hybridized carbons (Fsp3) is 0.308. The Bertz CT molecular complexity index is 478. The van der Waals surface area contributed by atoms with Crippen LogP contribution in [0.1, 0.15) is 25.2 Å². The van der Waals surface area contributed by atoms with E-state index in [0.29, 0.717) is 0 Å². The van der Waals surface area contributed by atoms with Crippen LogP contribution in [0.15, 0.2) is 40.6 Å². The average molecular weight is 228 g/mol. The summed E-state index contributed by atoms with van der Waals surface area (Å²) in [7, 11) is 0. The van der Waals surface area contributed by atoms with Gasteiger partial charge in [-0.25, -0.2) is 0 Å². The van der Waals surface area contributed by atoms with Gasteiger partial charge in [0, 0.05) is 0 Å². The predicted octanol–water partition coefficient (Wildman–Crippen LogP) is 3.95. The van der Waals surface area contributed by atoms with Gasteiger partial charge in [-0.3, -0.25) is 5.10 Å². The molecule has 0 saturated heterocycles. The zero-order valence-corrected chi connectivity index (χ0v) is 10.1. The van der Waals surface area contributed by atoms with Crippen LogP contribution in [-0.2, 0) is 12.8 Å². The van der Waals surface area contributed by atoms with Crippen molar-refractivity contribution in [3.8, 4) is 0 Å². The fourth-order valence-corrected chi connectivity index (χ4v) is 1.63. The van der Waals surface area contributed by atoms with Crippen LogP contribution in [0.2, 0.25) is 0 Å². The number of azo groups is 1. The van der Waals surface area contributed by atoms with Crippen LogP contribution < -0.4 is 0 Å². The van der Waals surface area contributed by atoms with Gasteiger partial charge in [0.1, 0.15) is 5.69 Å². The van der Waals surface area contributed by atoms with Crippen LogP contribution in [0.4, 0.5) is 11.4 Å². The Balaban J connectivity index is 2.29. The first-order chi connectivity index (χ1) is 8.35. The molecule has 88 valence electrons. The zero-order chi connectivity index (χ0) is 12.1. The monoisotopic (exact) mass is 228 g/mol. The van der Waals surface area contributed by atoms with Crippen LogP contribution in [0.25, 0.3) is 0 Å². The largest absolute Gasteiger partial charge is 0.280 e. The molecule has 1 aromatic heterocycles. The highest BCUT2D eigenvalue weighted by Crippen LogP contribution is 2.25. The van der Waals surface area contributed by atoms with E-state index in [2.05, 4.69) is 34.3 Å². The second kappa shape index (κ2) is 5.39. The summed E-state index contributed by atoms with van der Waals surface area (Å²) in [6.45, 7) is 4.14. The summed E-state index contributed by atoms with van der Waals surface area (Å²) in [5.41, 5.74) is 3.76. The number of hydrogen-bond acceptors (Lipinski definition) is 3. The number of aromatic nitrogens is 2. The van der Waals surface area contributed by atoms with E-state index in [1.165, 1.54) is 0 Å². The van der Waals surface area contributed by atoms with E-state index in [1.807, 2.05) is 30.3 Å². The molecule has 0 unspecified atom stereocenters. The molecule has 0 fully saturated rings. The van der Waals surface area contributed by atoms with E-state index in [0.717, 1.165) is 35.6 Å². The van der Waals surface area contributed by atoms with Gasteiger partial charge in [-0.15, -0.1) is 5.11 Å². The minimum Gasteiger partial charge on any atom is -0.280 e. The summed E-state index contributed by atoms with van der Waals surface area (Å²) in [6.07, 6.45) is 1.75. The van der Waals surface area contributed by atoms with Crippen molar-refractivity contribution in [2.75, 3.05) is 0 Å². The SMILES string of the molecule is CCc1n[nH]c(CC)c1N=Nc1ccccc1. The standard InChI is InChI=1S/C13H16N4/c1-3-11-13(12(4-2)16-15-11)17-14-10-8-6-5-7-9-10/h5-9H,3-4H2,1-2H3,(H,15,16). The van der Waals surface area contributed by atoms with Crippen LogP contribution in [-0.4, -0.2) is 10.2 Å². The molecular formula is C13H16N4. The molecule has 0 aliphatic heterocycles. The van der Waals surface area contributed by atoms with Gasteiger partial charge in [-0.1, -0.05) is 32.0 Å². The number of benzene rings is 1. The van der Waals surface area contributed by atoms with Crippen molar-refractivity contribution in [3.63, 3.8) is 0 Å². The molecule has 0 bridgehead atoms. The molecule has 17 heavy (non-hydrogen) atoms. The molecule has 0 spiro atoms. The average Bonchev–Trinajstić information content (AvgIpc) is 2.79. The molecule has 0 radical (unpaired) electrons. The van der Waals surface area contributed by atoms with Gasteiger partial charge in [0.25, 0.3) is 0 Å². The highest BCUT2D eigenvalue weighted by Gasteiger charge is 2.09. The summed E-state index contributed by atoms with van der Waals surface area (Å²) in [6, 6.07) is 9.73. The first-order valence-corrected chi connectivity index (χ1v) is 5.88. The van der Waals surface area contributed by atoms with Gasteiger partial charge < -0.3 is 0 Å². The van der Waals surface area contributed by atoms with E-state index in [9.17, 15) is 0 Å². The number of nitrogens with one attached hydrogen (secondary N) is 1. The predicted molar refractivity (Wildman–Crippen MR) is 68.0 cm³/mol. The lowest BCUT2D eigenvalue weighted by Gasteiger charge is -1.95. The minimum atomic E-state index is 0.859. The molecule has 1 N–H and O–H groups in total. The zero-order valence-electron chi connectivity index (χ0n) is 10.1. The van der Waals surface area contributed by atoms with Gasteiger partial charge in [-0.2, -0.15) is 10.2 Å². The molecule has 1 aromatic carbocycles. The summed E-state index contributed by atoms with van der Waals surface area (Å²) >= 11 is 0. The van der Waals surface area contributed by atoms with Gasteiger partial charge in [0.2, 0.25) is 0 Å². The number of aryl methyl sites for hydroxylation is 2. The Kier molecular flexibility index (Phi) is 3.65. The Hall–Kier alpha value is -1.97. The molecule has 1 heterocycles. The van der Waals surface area contributed by atoms with Crippen LogP contribution in [0.5, 0.6) is 0 Å². The number of nitrogens with zero attached hydrogens (tertiary/aromatic N) is 3. The molecule has 4 nitrogen and oxygen atoms in total. The fourth-order valence-electron chi connectivity index (χ4n) is 1.63. The molecule has 0 atom stereocenters. The van der Waals surface area contributed by atoms with Crippen molar-refractivity contribution in [1.82, 2.24) is 10.2 Å². The molecule has 0 saturated carbocycles. The molecular weight excluding hydrogens is 212 g/mol. The van der Waals surface area contributed by atoms with Gasteiger partial charge in [0.05, 0.1) is 17.1 Å². The van der Waals surface area contributed by atoms with Gasteiger partial charge in [0.15, 0.2) is 0 Å². The second-order valence-electron chi connectivity index (χ2n) is 3.74. The summed E-state index contributed by atoms with van der Waals surface area (Å²) < 4.78 is 0. The Morgan fingerprint density at radius 1 is 1.06 bits per heavy atom. The maximum absolute atomic E-state index is 4.31. The van der Waals surface area contributed by atoms with Crippen LogP contribution in [0.3, 0.4) is 0 Å². The Morgan fingerprint density at radius 2 is 1.82 bits per heavy atom. The quantitative estimate of drug-likeness (QED) is 0.791. The topological polar surface area (TPSA) is 53.4 Å². The lowest BCUT2D eigenvalue weighted by Crippen LogP contribution is -1.79. The lowest BCUT2D eigenvalue weighted by atomic mass is 10.2. The van der Waals surface area contributed by atoms with Crippen LogP contribution in [0, 0.1) is 0 Å². The Labute approximate surface area is 101 Å². The number of H-pyrrole nitrogens is 1. The summed E-state index contributed by atoms with van der Waals surface area (Å²) in [4.78, 5) is 0. The third kappa shape index (κ3) is 2.58. The van der Waals surface area contributed by atoms with Crippen molar-refractivity contribution in [2.24, 2.45) is 10.2 Å². The minimum absolute atomic E-state index is 0.859. The normalized spacial score (nSPS) is 11.2. The van der Waals surface area contributed by atoms with E-state index < -0.39 is 0 Å². The maximum Gasteiger partial charge on any atom is 0.130 e. The number of hydrogen-bond donors (Lipinski definition) is 1. The Morgan fingerprint density at radius 3 is 2.47 bits per heavy atom. The highest BCUT2D eigenvalue weighted by molar-refractivity contribution is 5.47. The molecule has 0 aliphatic rings. The van der Waals surface area contributed by atoms with E-state index >= 15 is 0 Å². The van der Waals surface area contributed by atoms with Crippen molar-refractivity contribution in [2.45, 2.75) is 26.7 Å². The molecule has 2 aromatic rings. The summed E-state index contributed by atoms with van der Waals surface area (Å²) in [5.74, 6) is 0. The second-order valence-corrected chi connectivity index (χ2v) is 3.74. The van der Waals surface area contributed by atoms with Crippen molar-refractivity contribution < 1.29 is 0 Å². The third-order valence-electron chi connectivity index (χ3n) is 2.60. The maximum atomic E-state index is 4.31. The molecule has 2 rings (SSSR count). The van der Waals surface area contributed by atoms with E-state index in [1.54, 1.807) is 0 Å². The van der Waals surface area contributed by atoms with Crippen molar-refractivity contribution in [1.29, 1.82) is 0 Å². The molecule has 4 heteroatoms. The highest BCUT2D eigenvalue weighted by atomic mass is 15.2. The van der Waals surface area contributed by atoms with E-state index in [4.69, 9.17) is 0 Å². The van der Waals surface area contributed by atoms with Crippen LogP contribution >= 0.6 is 0 Å².